The first kappa shape index (κ1) is 19.5. The van der Waals surface area contributed by atoms with Gasteiger partial charge in [-0.25, -0.2) is 13.4 Å². The van der Waals surface area contributed by atoms with Crippen LogP contribution >= 0.6 is 34.3 Å². The predicted octanol–water partition coefficient (Wildman–Crippen LogP) is 3.67. The highest BCUT2D eigenvalue weighted by atomic mass is 35.5. The summed E-state index contributed by atoms with van der Waals surface area (Å²) >= 11 is 8.25. The van der Waals surface area contributed by atoms with Crippen LogP contribution in [0.25, 0.3) is 10.6 Å². The van der Waals surface area contributed by atoms with E-state index in [0.29, 0.717) is 22.3 Å². The molecule has 0 spiro atoms. The van der Waals surface area contributed by atoms with E-state index in [2.05, 4.69) is 4.98 Å². The van der Waals surface area contributed by atoms with Crippen LogP contribution in [0.1, 0.15) is 9.67 Å². The van der Waals surface area contributed by atoms with E-state index in [9.17, 15) is 13.2 Å². The minimum absolute atomic E-state index is 0.115. The maximum absolute atomic E-state index is 12.8. The summed E-state index contributed by atoms with van der Waals surface area (Å²) in [4.78, 5) is 19.4. The summed E-state index contributed by atoms with van der Waals surface area (Å²) in [5.74, 6) is -0.115. The number of carbonyl (C=O) groups is 1. The van der Waals surface area contributed by atoms with E-state index >= 15 is 0 Å². The number of aromatic nitrogens is 1. The smallest absolute Gasteiger partial charge is 0.265 e. The lowest BCUT2D eigenvalue weighted by atomic mass is 10.2. The van der Waals surface area contributed by atoms with E-state index in [1.165, 1.54) is 21.7 Å². The lowest BCUT2D eigenvalue weighted by Gasteiger charge is -2.33. The number of amides is 1. The SMILES string of the molecule is O=C(c1cnc(-c2ccccc2)s1)N1CCN(S(=O)(=O)c2ccc(Cl)s2)CC1. The zero-order valence-electron chi connectivity index (χ0n) is 14.6. The van der Waals surface area contributed by atoms with Gasteiger partial charge < -0.3 is 4.90 Å². The molecule has 0 unspecified atom stereocenters. The molecule has 1 aromatic carbocycles. The van der Waals surface area contributed by atoms with E-state index in [0.717, 1.165) is 21.9 Å². The van der Waals surface area contributed by atoms with Gasteiger partial charge >= 0.3 is 0 Å². The molecule has 3 heterocycles. The van der Waals surface area contributed by atoms with Crippen LogP contribution in [0.15, 0.2) is 52.9 Å². The van der Waals surface area contributed by atoms with E-state index in [-0.39, 0.29) is 23.2 Å². The molecule has 1 aliphatic heterocycles. The van der Waals surface area contributed by atoms with Crippen LogP contribution in [-0.2, 0) is 10.0 Å². The molecule has 4 rings (SSSR count). The molecular formula is C18H16ClN3O3S3. The molecule has 0 N–H and O–H groups in total. The highest BCUT2D eigenvalue weighted by Gasteiger charge is 2.31. The first-order chi connectivity index (χ1) is 13.4. The molecule has 2 aromatic heterocycles. The van der Waals surface area contributed by atoms with Gasteiger partial charge in [0.05, 0.1) is 10.5 Å². The summed E-state index contributed by atoms with van der Waals surface area (Å²) in [7, 11) is -3.57. The molecule has 3 aromatic rings. The van der Waals surface area contributed by atoms with Crippen LogP contribution in [0.4, 0.5) is 0 Å². The third kappa shape index (κ3) is 3.85. The summed E-state index contributed by atoms with van der Waals surface area (Å²) < 4.78 is 27.4. The Labute approximate surface area is 176 Å². The standard InChI is InChI=1S/C18H16ClN3O3S3/c19-15-6-7-16(27-15)28(24,25)22-10-8-21(9-11-22)18(23)14-12-20-17(26-14)13-4-2-1-3-5-13/h1-7,12H,8-11H2. The van der Waals surface area contributed by atoms with Gasteiger partial charge in [-0.15, -0.1) is 22.7 Å². The number of piperazine rings is 1. The van der Waals surface area contributed by atoms with Gasteiger partial charge in [-0.05, 0) is 12.1 Å². The van der Waals surface area contributed by atoms with Crippen molar-refractivity contribution in [2.24, 2.45) is 0 Å². The van der Waals surface area contributed by atoms with Gasteiger partial charge in [0.25, 0.3) is 15.9 Å². The lowest BCUT2D eigenvalue weighted by molar-refractivity contribution is 0.0702. The average Bonchev–Trinajstić information content (AvgIpc) is 3.38. The molecule has 6 nitrogen and oxygen atoms in total. The molecule has 0 radical (unpaired) electrons. The highest BCUT2D eigenvalue weighted by molar-refractivity contribution is 7.91. The number of hydrogen-bond donors (Lipinski definition) is 0. The van der Waals surface area contributed by atoms with Crippen molar-refractivity contribution in [2.45, 2.75) is 4.21 Å². The Morgan fingerprint density at radius 3 is 2.36 bits per heavy atom. The number of benzene rings is 1. The normalized spacial score (nSPS) is 15.7. The molecule has 146 valence electrons. The van der Waals surface area contributed by atoms with E-state index in [1.807, 2.05) is 30.3 Å². The Balaban J connectivity index is 1.43. The van der Waals surface area contributed by atoms with Crippen LogP contribution in [0.2, 0.25) is 4.34 Å². The molecule has 0 saturated carbocycles. The summed E-state index contributed by atoms with van der Waals surface area (Å²) in [5.41, 5.74) is 0.970. The number of sulfonamides is 1. The zero-order chi connectivity index (χ0) is 19.7. The number of rotatable bonds is 4. The molecular weight excluding hydrogens is 438 g/mol. The highest BCUT2D eigenvalue weighted by Crippen LogP contribution is 2.29. The van der Waals surface area contributed by atoms with Crippen molar-refractivity contribution in [1.29, 1.82) is 0 Å². The Bertz CT molecular complexity index is 1090. The van der Waals surface area contributed by atoms with Gasteiger partial charge in [-0.1, -0.05) is 41.9 Å². The van der Waals surface area contributed by atoms with Gasteiger partial charge in [0.2, 0.25) is 0 Å². The quantitative estimate of drug-likeness (QED) is 0.604. The first-order valence-electron chi connectivity index (χ1n) is 8.51. The van der Waals surface area contributed by atoms with Crippen molar-refractivity contribution in [1.82, 2.24) is 14.2 Å². The minimum atomic E-state index is -3.57. The average molecular weight is 454 g/mol. The third-order valence-corrected chi connectivity index (χ3v) is 9.04. The Kier molecular flexibility index (Phi) is 5.52. The fourth-order valence-corrected chi connectivity index (χ4v) is 6.89. The molecule has 10 heteroatoms. The Morgan fingerprint density at radius 2 is 1.71 bits per heavy atom. The van der Waals surface area contributed by atoms with Gasteiger partial charge in [0.15, 0.2) is 0 Å². The minimum Gasteiger partial charge on any atom is -0.335 e. The van der Waals surface area contributed by atoms with E-state index in [1.54, 1.807) is 17.2 Å². The molecule has 1 fully saturated rings. The van der Waals surface area contributed by atoms with Crippen LogP contribution < -0.4 is 0 Å². The molecule has 1 aliphatic rings. The van der Waals surface area contributed by atoms with Crippen molar-refractivity contribution in [3.05, 3.63) is 57.9 Å². The summed E-state index contributed by atoms with van der Waals surface area (Å²) in [5, 5.41) is 0.791. The predicted molar refractivity (Wildman–Crippen MR) is 112 cm³/mol. The van der Waals surface area contributed by atoms with Gasteiger partial charge in [-0.2, -0.15) is 4.31 Å². The Hall–Kier alpha value is -1.78. The van der Waals surface area contributed by atoms with Crippen LogP contribution in [0, 0.1) is 0 Å². The largest absolute Gasteiger partial charge is 0.335 e. The number of thiazole rings is 1. The molecule has 0 atom stereocenters. The lowest BCUT2D eigenvalue weighted by Crippen LogP contribution is -2.50. The third-order valence-electron chi connectivity index (χ3n) is 4.41. The number of nitrogens with zero attached hydrogens (tertiary/aromatic N) is 3. The van der Waals surface area contributed by atoms with Crippen molar-refractivity contribution in [3.8, 4) is 10.6 Å². The van der Waals surface area contributed by atoms with Gasteiger partial charge in [0.1, 0.15) is 14.1 Å². The van der Waals surface area contributed by atoms with Crippen molar-refractivity contribution < 1.29 is 13.2 Å². The van der Waals surface area contributed by atoms with Gasteiger partial charge in [-0.3, -0.25) is 4.79 Å². The second kappa shape index (κ2) is 7.92. The molecule has 0 bridgehead atoms. The maximum Gasteiger partial charge on any atom is 0.265 e. The van der Waals surface area contributed by atoms with Gasteiger partial charge in [0, 0.05) is 31.7 Å². The second-order valence-corrected chi connectivity index (χ2v) is 11.1. The maximum atomic E-state index is 12.8. The van der Waals surface area contributed by atoms with Crippen LogP contribution in [-0.4, -0.2) is 54.7 Å². The molecule has 28 heavy (non-hydrogen) atoms. The number of hydrogen-bond acceptors (Lipinski definition) is 6. The molecule has 0 aliphatic carbocycles. The fourth-order valence-electron chi connectivity index (χ4n) is 2.94. The number of thiophene rings is 1. The molecule has 1 saturated heterocycles. The first-order valence-corrected chi connectivity index (χ1v) is 12.0. The van der Waals surface area contributed by atoms with Crippen LogP contribution in [0.3, 0.4) is 0 Å². The van der Waals surface area contributed by atoms with Crippen molar-refractivity contribution >= 4 is 50.2 Å². The zero-order valence-corrected chi connectivity index (χ0v) is 17.8. The van der Waals surface area contributed by atoms with Crippen molar-refractivity contribution in [2.75, 3.05) is 26.2 Å². The molecule has 1 amide bonds. The second-order valence-electron chi connectivity index (χ2n) is 6.15. The van der Waals surface area contributed by atoms with Crippen molar-refractivity contribution in [3.63, 3.8) is 0 Å². The topological polar surface area (TPSA) is 70.6 Å². The summed E-state index contributed by atoms with van der Waals surface area (Å²) in [6.07, 6.45) is 1.59. The number of carbonyl (C=O) groups excluding carboxylic acids is 1. The summed E-state index contributed by atoms with van der Waals surface area (Å²) in [6.45, 7) is 1.20. The fraction of sp³-hybridized carbons (Fsp3) is 0.222. The Morgan fingerprint density at radius 1 is 1.00 bits per heavy atom. The van der Waals surface area contributed by atoms with E-state index < -0.39 is 10.0 Å². The van der Waals surface area contributed by atoms with Crippen LogP contribution in [0.5, 0.6) is 0 Å². The monoisotopic (exact) mass is 453 g/mol. The number of halogens is 1. The summed E-state index contributed by atoms with van der Waals surface area (Å²) in [6, 6.07) is 12.8. The van der Waals surface area contributed by atoms with E-state index in [4.69, 9.17) is 11.6 Å².